The van der Waals surface area contributed by atoms with E-state index in [2.05, 4.69) is 5.32 Å². The molecule has 7 heteroatoms. The van der Waals surface area contributed by atoms with Crippen molar-refractivity contribution >= 4 is 29.2 Å². The Labute approximate surface area is 163 Å². The molecule has 1 N–H and O–H groups in total. The Hall–Kier alpha value is -3.35. The molecule has 0 aliphatic carbocycles. The molecule has 1 atom stereocenters. The number of nitrogens with one attached hydrogen (secondary N) is 1. The van der Waals surface area contributed by atoms with Crippen LogP contribution in [0.3, 0.4) is 0 Å². The van der Waals surface area contributed by atoms with Crippen LogP contribution in [-0.2, 0) is 9.59 Å². The Balaban J connectivity index is 1.84. The minimum absolute atomic E-state index is 0.113. The van der Waals surface area contributed by atoms with Crippen molar-refractivity contribution in [1.29, 1.82) is 0 Å². The van der Waals surface area contributed by atoms with E-state index in [4.69, 9.17) is 4.74 Å². The summed E-state index contributed by atoms with van der Waals surface area (Å²) >= 11 is 0. The lowest BCUT2D eigenvalue weighted by Crippen LogP contribution is -2.42. The van der Waals surface area contributed by atoms with Crippen molar-refractivity contribution in [2.75, 3.05) is 17.3 Å². The van der Waals surface area contributed by atoms with Gasteiger partial charge in [0.05, 0.1) is 19.2 Å². The molecule has 2 aromatic carbocycles. The van der Waals surface area contributed by atoms with Crippen LogP contribution in [0.5, 0.6) is 5.75 Å². The van der Waals surface area contributed by atoms with Crippen LogP contribution in [0.25, 0.3) is 0 Å². The molecule has 7 nitrogen and oxygen atoms in total. The largest absolute Gasteiger partial charge is 0.497 e. The summed E-state index contributed by atoms with van der Waals surface area (Å²) in [6.07, 6.45) is -0.113. The topological polar surface area (TPSA) is 79.0 Å². The number of para-hydroxylation sites is 1. The molecule has 1 aliphatic rings. The number of carbonyl (C=O) groups is 3. The van der Waals surface area contributed by atoms with Crippen LogP contribution in [0.2, 0.25) is 0 Å². The second-order valence-electron chi connectivity index (χ2n) is 6.79. The van der Waals surface area contributed by atoms with E-state index in [1.54, 1.807) is 36.4 Å². The molecule has 0 radical (unpaired) electrons. The van der Waals surface area contributed by atoms with E-state index in [1.165, 1.54) is 12.0 Å². The number of benzene rings is 2. The minimum Gasteiger partial charge on any atom is -0.497 e. The molecule has 0 saturated carbocycles. The number of urea groups is 1. The van der Waals surface area contributed by atoms with Gasteiger partial charge < -0.3 is 15.0 Å². The van der Waals surface area contributed by atoms with Crippen molar-refractivity contribution in [2.24, 2.45) is 0 Å². The first-order valence-corrected chi connectivity index (χ1v) is 9.07. The van der Waals surface area contributed by atoms with Crippen LogP contribution in [0.1, 0.15) is 20.3 Å². The predicted octanol–water partition coefficient (Wildman–Crippen LogP) is 3.27. The van der Waals surface area contributed by atoms with Gasteiger partial charge in [-0.2, -0.15) is 0 Å². The quantitative estimate of drug-likeness (QED) is 0.779. The van der Waals surface area contributed by atoms with Gasteiger partial charge in [0.2, 0.25) is 5.91 Å². The molecule has 2 aromatic rings. The molecule has 0 aromatic heterocycles. The van der Waals surface area contributed by atoms with Gasteiger partial charge in [-0.1, -0.05) is 24.3 Å². The number of carbonyl (C=O) groups excluding carboxylic acids is 3. The summed E-state index contributed by atoms with van der Waals surface area (Å²) in [5.41, 5.74) is 1.07. The first-order valence-electron chi connectivity index (χ1n) is 9.07. The normalized spacial score (nSPS) is 16.6. The van der Waals surface area contributed by atoms with Crippen molar-refractivity contribution in [1.82, 2.24) is 4.90 Å². The highest BCUT2D eigenvalue weighted by Gasteiger charge is 2.47. The number of imide groups is 1. The zero-order valence-corrected chi connectivity index (χ0v) is 16.1. The number of nitrogens with zero attached hydrogens (tertiary/aromatic N) is 2. The number of anilines is 2. The Bertz CT molecular complexity index is 882. The number of ether oxygens (including phenoxy) is 1. The zero-order valence-electron chi connectivity index (χ0n) is 16.1. The molecular formula is C21H23N3O4. The van der Waals surface area contributed by atoms with Crippen LogP contribution < -0.4 is 15.0 Å². The maximum absolute atomic E-state index is 13.1. The summed E-state index contributed by atoms with van der Waals surface area (Å²) in [6.45, 7) is 3.64. The standard InChI is InChI=1S/C21H23N3O4/c1-14(2)23-18(13-19(25)22-15-8-5-4-6-9-15)20(26)24(21(23)27)16-10-7-11-17(12-16)28-3/h4-12,14,18H,13H2,1-3H3,(H,22,25)/t18-/m1/s1. The van der Waals surface area contributed by atoms with E-state index in [1.807, 2.05) is 32.0 Å². The summed E-state index contributed by atoms with van der Waals surface area (Å²) in [5, 5.41) is 2.77. The molecule has 28 heavy (non-hydrogen) atoms. The average molecular weight is 381 g/mol. The summed E-state index contributed by atoms with van der Waals surface area (Å²) in [7, 11) is 1.52. The van der Waals surface area contributed by atoms with Crippen LogP contribution in [0.15, 0.2) is 54.6 Å². The number of hydrogen-bond acceptors (Lipinski definition) is 4. The molecule has 1 aliphatic heterocycles. The first-order chi connectivity index (χ1) is 13.4. The maximum Gasteiger partial charge on any atom is 0.332 e. The van der Waals surface area contributed by atoms with Crippen molar-refractivity contribution < 1.29 is 19.1 Å². The molecule has 0 unspecified atom stereocenters. The summed E-state index contributed by atoms with van der Waals surface area (Å²) in [4.78, 5) is 41.1. The lowest BCUT2D eigenvalue weighted by atomic mass is 10.1. The van der Waals surface area contributed by atoms with Gasteiger partial charge >= 0.3 is 6.03 Å². The molecule has 1 saturated heterocycles. The fourth-order valence-corrected chi connectivity index (χ4v) is 3.27. The minimum atomic E-state index is -0.859. The summed E-state index contributed by atoms with van der Waals surface area (Å²) in [6, 6.07) is 14.2. The smallest absolute Gasteiger partial charge is 0.332 e. The Kier molecular flexibility index (Phi) is 5.63. The lowest BCUT2D eigenvalue weighted by molar-refractivity contribution is -0.124. The van der Waals surface area contributed by atoms with E-state index in [-0.39, 0.29) is 18.4 Å². The fraction of sp³-hybridized carbons (Fsp3) is 0.286. The van der Waals surface area contributed by atoms with Crippen LogP contribution >= 0.6 is 0 Å². The van der Waals surface area contributed by atoms with E-state index >= 15 is 0 Å². The highest BCUT2D eigenvalue weighted by atomic mass is 16.5. The lowest BCUT2D eigenvalue weighted by Gasteiger charge is -2.25. The maximum atomic E-state index is 13.1. The third kappa shape index (κ3) is 3.83. The monoisotopic (exact) mass is 381 g/mol. The van der Waals surface area contributed by atoms with Gasteiger partial charge in [0, 0.05) is 17.8 Å². The Morgan fingerprint density at radius 1 is 1.11 bits per heavy atom. The molecule has 0 bridgehead atoms. The second-order valence-corrected chi connectivity index (χ2v) is 6.79. The molecule has 1 fully saturated rings. The van der Waals surface area contributed by atoms with Gasteiger partial charge in [-0.05, 0) is 38.1 Å². The van der Waals surface area contributed by atoms with Crippen molar-refractivity contribution in [3.8, 4) is 5.75 Å². The van der Waals surface area contributed by atoms with Gasteiger partial charge in [0.15, 0.2) is 0 Å². The first kappa shape index (κ1) is 19.4. The van der Waals surface area contributed by atoms with Crippen molar-refractivity contribution in [2.45, 2.75) is 32.4 Å². The number of amides is 4. The van der Waals surface area contributed by atoms with Gasteiger partial charge in [-0.3, -0.25) is 9.59 Å². The highest BCUT2D eigenvalue weighted by molar-refractivity contribution is 6.22. The van der Waals surface area contributed by atoms with E-state index in [0.29, 0.717) is 17.1 Å². The zero-order chi connectivity index (χ0) is 20.3. The SMILES string of the molecule is COc1cccc(N2C(=O)[C@@H](CC(=O)Nc3ccccc3)N(C(C)C)C2=O)c1. The number of hydrogen-bond donors (Lipinski definition) is 1. The van der Waals surface area contributed by atoms with E-state index < -0.39 is 18.0 Å². The molecule has 0 spiro atoms. The van der Waals surface area contributed by atoms with Gasteiger partial charge in [-0.15, -0.1) is 0 Å². The van der Waals surface area contributed by atoms with Crippen LogP contribution in [0.4, 0.5) is 16.2 Å². The van der Waals surface area contributed by atoms with Gasteiger partial charge in [-0.25, -0.2) is 9.69 Å². The average Bonchev–Trinajstić information content (AvgIpc) is 2.92. The predicted molar refractivity (Wildman–Crippen MR) is 106 cm³/mol. The third-order valence-corrected chi connectivity index (χ3v) is 4.56. The Morgan fingerprint density at radius 3 is 2.46 bits per heavy atom. The number of methoxy groups -OCH3 is 1. The molecule has 146 valence electrons. The Morgan fingerprint density at radius 2 is 1.82 bits per heavy atom. The van der Waals surface area contributed by atoms with Crippen molar-refractivity contribution in [3.05, 3.63) is 54.6 Å². The van der Waals surface area contributed by atoms with Crippen molar-refractivity contribution in [3.63, 3.8) is 0 Å². The number of rotatable bonds is 6. The second kappa shape index (κ2) is 8.12. The van der Waals surface area contributed by atoms with Gasteiger partial charge in [0.1, 0.15) is 11.8 Å². The summed E-state index contributed by atoms with van der Waals surface area (Å²) in [5.74, 6) is -0.204. The third-order valence-electron chi connectivity index (χ3n) is 4.56. The molecule has 3 rings (SSSR count). The summed E-state index contributed by atoms with van der Waals surface area (Å²) < 4.78 is 5.19. The molecule has 4 amide bonds. The highest BCUT2D eigenvalue weighted by Crippen LogP contribution is 2.30. The fourth-order valence-electron chi connectivity index (χ4n) is 3.27. The van der Waals surface area contributed by atoms with Gasteiger partial charge in [0.25, 0.3) is 5.91 Å². The molecule has 1 heterocycles. The van der Waals surface area contributed by atoms with Crippen LogP contribution in [0, 0.1) is 0 Å². The van der Waals surface area contributed by atoms with E-state index in [9.17, 15) is 14.4 Å². The van der Waals surface area contributed by atoms with E-state index in [0.717, 1.165) is 4.90 Å². The molecular weight excluding hydrogens is 358 g/mol. The van der Waals surface area contributed by atoms with Crippen LogP contribution in [-0.4, -0.2) is 41.9 Å².